The summed E-state index contributed by atoms with van der Waals surface area (Å²) >= 11 is 0. The van der Waals surface area contributed by atoms with Gasteiger partial charge in [-0.1, -0.05) is 35.5 Å². The van der Waals surface area contributed by atoms with Gasteiger partial charge in [0, 0.05) is 12.1 Å². The van der Waals surface area contributed by atoms with Crippen LogP contribution in [0, 0.1) is 13.8 Å². The van der Waals surface area contributed by atoms with Crippen molar-refractivity contribution in [2.45, 2.75) is 39.4 Å². The van der Waals surface area contributed by atoms with Gasteiger partial charge in [-0.05, 0) is 26.3 Å². The molecule has 1 aromatic heterocycles. The van der Waals surface area contributed by atoms with E-state index in [1.807, 2.05) is 56.0 Å². The molecule has 0 aliphatic carbocycles. The molecule has 2 atom stereocenters. The summed E-state index contributed by atoms with van der Waals surface area (Å²) in [6, 6.07) is 10.1. The second kappa shape index (κ2) is 6.54. The van der Waals surface area contributed by atoms with Crippen molar-refractivity contribution in [3.8, 4) is 0 Å². The molecule has 1 aliphatic heterocycles. The molecule has 1 aromatic carbocycles. The Morgan fingerprint density at radius 1 is 1.26 bits per heavy atom. The predicted octanol–water partition coefficient (Wildman–Crippen LogP) is 2.82. The summed E-state index contributed by atoms with van der Waals surface area (Å²) in [6.45, 7) is 6.92. The smallest absolute Gasteiger partial charge is 0.227 e. The van der Waals surface area contributed by atoms with Gasteiger partial charge in [-0.2, -0.15) is 0 Å². The normalized spacial score (nSPS) is 21.4. The Bertz CT molecular complexity index is 661. The number of morpholine rings is 1. The number of aryl methyl sites for hydroxylation is 2. The summed E-state index contributed by atoms with van der Waals surface area (Å²) in [5.41, 5.74) is 2.79. The van der Waals surface area contributed by atoms with Crippen LogP contribution in [0.25, 0.3) is 0 Å². The van der Waals surface area contributed by atoms with Crippen molar-refractivity contribution in [2.75, 3.05) is 13.1 Å². The van der Waals surface area contributed by atoms with Crippen molar-refractivity contribution < 1.29 is 14.1 Å². The number of benzene rings is 1. The van der Waals surface area contributed by atoms with Crippen LogP contribution in [0.2, 0.25) is 0 Å². The average molecular weight is 314 g/mol. The van der Waals surface area contributed by atoms with Gasteiger partial charge in [0.15, 0.2) is 0 Å². The first-order valence-corrected chi connectivity index (χ1v) is 7.94. The fourth-order valence-electron chi connectivity index (χ4n) is 3.02. The molecule has 2 heterocycles. The van der Waals surface area contributed by atoms with Crippen molar-refractivity contribution >= 4 is 5.91 Å². The second-order valence-electron chi connectivity index (χ2n) is 6.12. The average Bonchev–Trinajstić information content (AvgIpc) is 2.87. The Hall–Kier alpha value is -2.14. The van der Waals surface area contributed by atoms with Gasteiger partial charge >= 0.3 is 0 Å². The summed E-state index contributed by atoms with van der Waals surface area (Å²) in [4.78, 5) is 14.6. The number of hydrogen-bond acceptors (Lipinski definition) is 4. The number of ether oxygens (including phenoxy) is 1. The fraction of sp³-hybridized carbons (Fsp3) is 0.444. The molecule has 122 valence electrons. The molecule has 0 N–H and O–H groups in total. The topological polar surface area (TPSA) is 55.6 Å². The van der Waals surface area contributed by atoms with Gasteiger partial charge in [0.2, 0.25) is 5.91 Å². The van der Waals surface area contributed by atoms with Crippen LogP contribution in [0.3, 0.4) is 0 Å². The molecule has 5 nitrogen and oxygen atoms in total. The number of nitrogens with zero attached hydrogens (tertiary/aromatic N) is 2. The maximum atomic E-state index is 12.7. The summed E-state index contributed by atoms with van der Waals surface area (Å²) in [7, 11) is 0. The molecule has 1 amide bonds. The zero-order valence-corrected chi connectivity index (χ0v) is 13.8. The maximum Gasteiger partial charge on any atom is 0.227 e. The van der Waals surface area contributed by atoms with Crippen LogP contribution < -0.4 is 0 Å². The largest absolute Gasteiger partial charge is 0.367 e. The van der Waals surface area contributed by atoms with E-state index in [2.05, 4.69) is 5.16 Å². The van der Waals surface area contributed by atoms with Gasteiger partial charge in [-0.15, -0.1) is 0 Å². The summed E-state index contributed by atoms with van der Waals surface area (Å²) in [6.07, 6.45) is 0.270. The van der Waals surface area contributed by atoms with Crippen LogP contribution in [0.15, 0.2) is 34.9 Å². The summed E-state index contributed by atoms with van der Waals surface area (Å²) in [5, 5.41) is 3.92. The number of amides is 1. The number of carbonyl (C=O) groups excluding carboxylic acids is 1. The first-order valence-electron chi connectivity index (χ1n) is 7.94. The minimum Gasteiger partial charge on any atom is -0.367 e. The molecule has 0 bridgehead atoms. The van der Waals surface area contributed by atoms with Gasteiger partial charge < -0.3 is 14.2 Å². The van der Waals surface area contributed by atoms with Crippen molar-refractivity contribution in [3.05, 3.63) is 52.9 Å². The number of rotatable bonds is 3. The van der Waals surface area contributed by atoms with E-state index in [9.17, 15) is 4.79 Å². The zero-order valence-electron chi connectivity index (χ0n) is 13.8. The number of hydrogen-bond donors (Lipinski definition) is 0. The van der Waals surface area contributed by atoms with Crippen molar-refractivity contribution in [3.63, 3.8) is 0 Å². The molecule has 0 radical (unpaired) electrons. The van der Waals surface area contributed by atoms with E-state index in [0.29, 0.717) is 19.5 Å². The minimum atomic E-state index is -0.0754. The highest BCUT2D eigenvalue weighted by atomic mass is 16.5. The first-order chi connectivity index (χ1) is 11.0. The molecular formula is C18H22N2O3. The highest BCUT2D eigenvalue weighted by Gasteiger charge is 2.30. The molecule has 0 saturated carbocycles. The standard InChI is InChI=1S/C18H22N2O3/c1-12-10-20(11-17(22-12)15-7-5-4-6-8-15)18(21)9-16-13(2)19-23-14(16)3/h4-8,12,17H,9-11H2,1-3H3/t12-,17+/m1/s1. The molecule has 0 unspecified atom stereocenters. The molecule has 5 heteroatoms. The molecule has 2 aromatic rings. The summed E-state index contributed by atoms with van der Waals surface area (Å²) in [5.74, 6) is 0.812. The second-order valence-corrected chi connectivity index (χ2v) is 6.12. The summed E-state index contributed by atoms with van der Waals surface area (Å²) < 4.78 is 11.2. The van der Waals surface area contributed by atoms with Crippen molar-refractivity contribution in [2.24, 2.45) is 0 Å². The monoisotopic (exact) mass is 314 g/mol. The Balaban J connectivity index is 1.73. The van der Waals surface area contributed by atoms with Crippen LogP contribution >= 0.6 is 0 Å². The highest BCUT2D eigenvalue weighted by molar-refractivity contribution is 5.79. The Kier molecular flexibility index (Phi) is 4.48. The van der Waals surface area contributed by atoms with E-state index in [1.54, 1.807) is 0 Å². The maximum absolute atomic E-state index is 12.7. The quantitative estimate of drug-likeness (QED) is 0.874. The van der Waals surface area contributed by atoms with Gasteiger partial charge in [0.1, 0.15) is 11.9 Å². The van der Waals surface area contributed by atoms with E-state index < -0.39 is 0 Å². The fourth-order valence-corrected chi connectivity index (χ4v) is 3.02. The lowest BCUT2D eigenvalue weighted by Gasteiger charge is -2.37. The first kappa shape index (κ1) is 15.7. The molecule has 1 saturated heterocycles. The lowest BCUT2D eigenvalue weighted by molar-refractivity contribution is -0.144. The Labute approximate surface area is 136 Å². The van der Waals surface area contributed by atoms with Crippen molar-refractivity contribution in [1.29, 1.82) is 0 Å². The highest BCUT2D eigenvalue weighted by Crippen LogP contribution is 2.26. The third-order valence-corrected chi connectivity index (χ3v) is 4.29. The van der Waals surface area contributed by atoms with E-state index in [1.165, 1.54) is 0 Å². The molecule has 1 aliphatic rings. The van der Waals surface area contributed by atoms with Crippen LogP contribution in [0.5, 0.6) is 0 Å². The van der Waals surface area contributed by atoms with E-state index in [4.69, 9.17) is 9.26 Å². The lowest BCUT2D eigenvalue weighted by Crippen LogP contribution is -2.46. The van der Waals surface area contributed by atoms with Gasteiger partial charge in [0.25, 0.3) is 0 Å². The van der Waals surface area contributed by atoms with Crippen LogP contribution in [-0.4, -0.2) is 35.2 Å². The van der Waals surface area contributed by atoms with Crippen LogP contribution in [0.4, 0.5) is 0 Å². The van der Waals surface area contributed by atoms with Gasteiger partial charge in [-0.3, -0.25) is 4.79 Å². The van der Waals surface area contributed by atoms with E-state index in [-0.39, 0.29) is 18.1 Å². The van der Waals surface area contributed by atoms with Gasteiger partial charge in [-0.25, -0.2) is 0 Å². The Morgan fingerprint density at radius 2 is 2.00 bits per heavy atom. The molecule has 1 fully saturated rings. The zero-order chi connectivity index (χ0) is 16.4. The number of carbonyl (C=O) groups is 1. The van der Waals surface area contributed by atoms with Crippen LogP contribution in [-0.2, 0) is 16.0 Å². The number of aromatic nitrogens is 1. The SMILES string of the molecule is Cc1noc(C)c1CC(=O)N1C[C@@H](C)O[C@H](c2ccccc2)C1. The molecule has 23 heavy (non-hydrogen) atoms. The third kappa shape index (κ3) is 3.45. The van der Waals surface area contributed by atoms with Crippen molar-refractivity contribution in [1.82, 2.24) is 10.1 Å². The predicted molar refractivity (Wildman–Crippen MR) is 86.0 cm³/mol. The van der Waals surface area contributed by atoms with Gasteiger partial charge in [0.05, 0.1) is 24.8 Å². The molecule has 3 rings (SSSR count). The lowest BCUT2D eigenvalue weighted by atomic mass is 10.0. The van der Waals surface area contributed by atoms with Crippen LogP contribution in [0.1, 0.15) is 35.6 Å². The molecule has 0 spiro atoms. The minimum absolute atomic E-state index is 0.0163. The molecular weight excluding hydrogens is 292 g/mol. The van der Waals surface area contributed by atoms with E-state index >= 15 is 0 Å². The third-order valence-electron chi connectivity index (χ3n) is 4.29. The van der Waals surface area contributed by atoms with E-state index in [0.717, 1.165) is 22.6 Å². The Morgan fingerprint density at radius 3 is 2.65 bits per heavy atom.